The molecule has 1 aliphatic rings. The zero-order chi connectivity index (χ0) is 19.5. The van der Waals surface area contributed by atoms with Gasteiger partial charge in [-0.05, 0) is 32.0 Å². The molecule has 3 rings (SSSR count). The first kappa shape index (κ1) is 22.7. The van der Waals surface area contributed by atoms with Crippen molar-refractivity contribution in [2.24, 2.45) is 4.99 Å². The molecule has 9 heteroatoms. The number of para-hydroxylation sites is 1. The Morgan fingerprint density at radius 1 is 1.21 bits per heavy atom. The first-order chi connectivity index (χ1) is 12.8. The van der Waals surface area contributed by atoms with Gasteiger partial charge < -0.3 is 15.5 Å². The monoisotopic (exact) mass is 517 g/mol. The van der Waals surface area contributed by atoms with Gasteiger partial charge in [-0.1, -0.05) is 18.2 Å². The van der Waals surface area contributed by atoms with Crippen molar-refractivity contribution in [1.82, 2.24) is 15.2 Å². The van der Waals surface area contributed by atoms with Crippen molar-refractivity contribution >= 4 is 56.5 Å². The highest BCUT2D eigenvalue weighted by Gasteiger charge is 2.40. The molecule has 0 unspecified atom stereocenters. The third-order valence-corrected chi connectivity index (χ3v) is 7.40. The van der Waals surface area contributed by atoms with E-state index in [0.717, 1.165) is 22.7 Å². The van der Waals surface area contributed by atoms with Gasteiger partial charge in [0.2, 0.25) is 0 Å². The highest BCUT2D eigenvalue weighted by Crippen LogP contribution is 2.23. The van der Waals surface area contributed by atoms with Gasteiger partial charge in [-0.2, -0.15) is 0 Å². The summed E-state index contributed by atoms with van der Waals surface area (Å²) in [4.78, 5) is 10.9. The normalized spacial score (nSPS) is 18.4. The van der Waals surface area contributed by atoms with Crippen LogP contribution in [-0.2, 0) is 9.84 Å². The third-order valence-electron chi connectivity index (χ3n) is 4.87. The molecule has 1 aliphatic heterocycles. The van der Waals surface area contributed by atoms with Gasteiger partial charge in [0.25, 0.3) is 0 Å². The Balaban J connectivity index is 0.00000280. The maximum Gasteiger partial charge on any atom is 0.193 e. The average Bonchev–Trinajstić information content (AvgIpc) is 2.64. The van der Waals surface area contributed by atoms with Crippen LogP contribution in [0.3, 0.4) is 0 Å². The maximum absolute atomic E-state index is 12.2. The van der Waals surface area contributed by atoms with Crippen LogP contribution in [0.15, 0.2) is 41.4 Å². The van der Waals surface area contributed by atoms with Gasteiger partial charge >= 0.3 is 0 Å². The molecule has 0 radical (unpaired) electrons. The third kappa shape index (κ3) is 5.05. The quantitative estimate of drug-likeness (QED) is 0.280. The van der Waals surface area contributed by atoms with Gasteiger partial charge in [0.15, 0.2) is 15.8 Å². The van der Waals surface area contributed by atoms with Gasteiger partial charge in [0, 0.05) is 38.6 Å². The first-order valence-electron chi connectivity index (χ1n) is 9.10. The van der Waals surface area contributed by atoms with E-state index in [1.54, 1.807) is 20.9 Å². The number of aliphatic imine (C=N–C) groups is 1. The molecule has 0 amide bonds. The SMILES string of the molecule is CN=C(NCCNc1ccc2ccccc2n1)N1CCS(=O)(=O)C(C)(C)C1.I. The number of fused-ring (bicyclic) bond motifs is 1. The molecule has 0 saturated carbocycles. The molecule has 2 aromatic rings. The van der Waals surface area contributed by atoms with E-state index in [-0.39, 0.29) is 29.7 Å². The minimum atomic E-state index is -3.06. The summed E-state index contributed by atoms with van der Waals surface area (Å²) in [6.45, 7) is 5.79. The largest absolute Gasteiger partial charge is 0.368 e. The van der Waals surface area contributed by atoms with Crippen LogP contribution in [0.1, 0.15) is 13.8 Å². The molecule has 2 N–H and O–H groups in total. The second-order valence-corrected chi connectivity index (χ2v) is 10.0. The number of hydrogen-bond acceptors (Lipinski definition) is 5. The first-order valence-corrected chi connectivity index (χ1v) is 10.8. The molecule has 154 valence electrons. The smallest absolute Gasteiger partial charge is 0.193 e. The second-order valence-electron chi connectivity index (χ2n) is 7.29. The summed E-state index contributed by atoms with van der Waals surface area (Å²) in [6, 6.07) is 12.0. The number of pyridine rings is 1. The number of sulfone groups is 1. The fourth-order valence-electron chi connectivity index (χ4n) is 3.19. The molecular weight excluding hydrogens is 489 g/mol. The van der Waals surface area contributed by atoms with E-state index < -0.39 is 14.6 Å². The molecule has 0 aliphatic carbocycles. The minimum Gasteiger partial charge on any atom is -0.368 e. The molecule has 7 nitrogen and oxygen atoms in total. The Morgan fingerprint density at radius 2 is 1.96 bits per heavy atom. The van der Waals surface area contributed by atoms with Crippen LogP contribution in [0.25, 0.3) is 10.9 Å². The predicted molar refractivity (Wildman–Crippen MR) is 126 cm³/mol. The number of guanidine groups is 1. The molecule has 1 aromatic carbocycles. The lowest BCUT2D eigenvalue weighted by atomic mass is 10.2. The van der Waals surface area contributed by atoms with Crippen molar-refractivity contribution in [2.45, 2.75) is 18.6 Å². The zero-order valence-corrected chi connectivity index (χ0v) is 19.6. The number of hydrogen-bond donors (Lipinski definition) is 2. The fourth-order valence-corrected chi connectivity index (χ4v) is 4.55. The summed E-state index contributed by atoms with van der Waals surface area (Å²) in [7, 11) is -1.34. The number of nitrogens with zero attached hydrogens (tertiary/aromatic N) is 3. The van der Waals surface area contributed by atoms with E-state index in [2.05, 4.69) is 20.6 Å². The van der Waals surface area contributed by atoms with E-state index in [1.165, 1.54) is 0 Å². The van der Waals surface area contributed by atoms with Crippen molar-refractivity contribution in [3.8, 4) is 0 Å². The van der Waals surface area contributed by atoms with Crippen molar-refractivity contribution in [2.75, 3.05) is 44.3 Å². The standard InChI is InChI=1S/C19H27N5O2S.HI/c1-19(2)14-24(12-13-27(19,25)26)18(20-3)22-11-10-21-17-9-8-15-6-4-5-7-16(15)23-17;/h4-9H,10-14H2,1-3H3,(H,20,22)(H,21,23);1H. The van der Waals surface area contributed by atoms with E-state index in [1.807, 2.05) is 41.3 Å². The molecule has 1 saturated heterocycles. The van der Waals surface area contributed by atoms with Gasteiger partial charge in [0.1, 0.15) is 5.82 Å². The van der Waals surface area contributed by atoms with Crippen molar-refractivity contribution in [1.29, 1.82) is 0 Å². The topological polar surface area (TPSA) is 86.7 Å². The maximum atomic E-state index is 12.2. The summed E-state index contributed by atoms with van der Waals surface area (Å²) in [6.07, 6.45) is 0. The van der Waals surface area contributed by atoms with Crippen LogP contribution in [0.4, 0.5) is 5.82 Å². The van der Waals surface area contributed by atoms with E-state index in [0.29, 0.717) is 26.2 Å². The van der Waals surface area contributed by atoms with E-state index in [4.69, 9.17) is 0 Å². The Hall–Kier alpha value is -1.62. The minimum absolute atomic E-state index is 0. The number of nitrogens with one attached hydrogen (secondary N) is 2. The van der Waals surface area contributed by atoms with Crippen LogP contribution in [0.5, 0.6) is 0 Å². The van der Waals surface area contributed by atoms with Crippen LogP contribution >= 0.6 is 24.0 Å². The second kappa shape index (κ2) is 9.25. The number of aromatic nitrogens is 1. The highest BCUT2D eigenvalue weighted by atomic mass is 127. The molecule has 1 aromatic heterocycles. The Kier molecular flexibility index (Phi) is 7.49. The van der Waals surface area contributed by atoms with Crippen LogP contribution in [-0.4, -0.2) is 68.0 Å². The Bertz CT molecular complexity index is 946. The van der Waals surface area contributed by atoms with Crippen molar-refractivity contribution in [3.63, 3.8) is 0 Å². The molecule has 28 heavy (non-hydrogen) atoms. The molecular formula is C19H28IN5O2S. The molecule has 2 heterocycles. The predicted octanol–water partition coefficient (Wildman–Crippen LogP) is 2.35. The Labute approximate surface area is 184 Å². The molecule has 0 bridgehead atoms. The van der Waals surface area contributed by atoms with Crippen molar-refractivity contribution < 1.29 is 8.42 Å². The zero-order valence-electron chi connectivity index (χ0n) is 16.5. The summed E-state index contributed by atoms with van der Waals surface area (Å²) in [5.74, 6) is 1.71. The Morgan fingerprint density at radius 3 is 2.68 bits per heavy atom. The number of anilines is 1. The lowest BCUT2D eigenvalue weighted by Crippen LogP contribution is -2.57. The van der Waals surface area contributed by atoms with Gasteiger partial charge in [-0.15, -0.1) is 24.0 Å². The summed E-state index contributed by atoms with van der Waals surface area (Å²) in [5.41, 5.74) is 0.961. The summed E-state index contributed by atoms with van der Waals surface area (Å²) < 4.78 is 23.6. The lowest BCUT2D eigenvalue weighted by Gasteiger charge is -2.39. The average molecular weight is 517 g/mol. The number of halogens is 1. The van der Waals surface area contributed by atoms with Gasteiger partial charge in [-0.3, -0.25) is 4.99 Å². The van der Waals surface area contributed by atoms with Crippen LogP contribution in [0, 0.1) is 0 Å². The summed E-state index contributed by atoms with van der Waals surface area (Å²) in [5, 5.41) is 7.72. The van der Waals surface area contributed by atoms with E-state index in [9.17, 15) is 8.42 Å². The number of rotatable bonds is 4. The van der Waals surface area contributed by atoms with E-state index >= 15 is 0 Å². The lowest BCUT2D eigenvalue weighted by molar-refractivity contribution is 0.354. The van der Waals surface area contributed by atoms with Crippen LogP contribution < -0.4 is 10.6 Å². The van der Waals surface area contributed by atoms with Crippen LogP contribution in [0.2, 0.25) is 0 Å². The highest BCUT2D eigenvalue weighted by molar-refractivity contribution is 14.0. The fraction of sp³-hybridized carbons (Fsp3) is 0.474. The number of benzene rings is 1. The molecule has 1 fully saturated rings. The molecule has 0 atom stereocenters. The van der Waals surface area contributed by atoms with Crippen molar-refractivity contribution in [3.05, 3.63) is 36.4 Å². The van der Waals surface area contributed by atoms with Gasteiger partial charge in [-0.25, -0.2) is 13.4 Å². The molecule has 0 spiro atoms. The van der Waals surface area contributed by atoms with Gasteiger partial charge in [0.05, 0.1) is 16.0 Å². The summed E-state index contributed by atoms with van der Waals surface area (Å²) >= 11 is 0.